The van der Waals surface area contributed by atoms with Crippen molar-refractivity contribution in [1.29, 1.82) is 0 Å². The molecule has 234 valence electrons. The molecule has 0 bridgehead atoms. The smallest absolute Gasteiger partial charge is 0.282 e. The molecule has 2 fully saturated rings. The van der Waals surface area contributed by atoms with Gasteiger partial charge in [-0.05, 0) is 56.5 Å². The van der Waals surface area contributed by atoms with Gasteiger partial charge in [0.25, 0.3) is 11.8 Å². The topological polar surface area (TPSA) is 77.5 Å². The number of para-hydroxylation sites is 1. The molecule has 8 heteroatoms. The highest BCUT2D eigenvalue weighted by atomic mass is 16.7. The number of morpholine rings is 1. The largest absolute Gasteiger partial charge is 0.493 e. The third-order valence-electron chi connectivity index (χ3n) is 8.50. The van der Waals surface area contributed by atoms with Crippen LogP contribution in [0.4, 0.5) is 5.69 Å². The summed E-state index contributed by atoms with van der Waals surface area (Å²) in [6.07, 6.45) is 2.44. The highest BCUT2D eigenvalue weighted by Crippen LogP contribution is 2.48. The highest BCUT2D eigenvalue weighted by Gasteiger charge is 2.58. The highest BCUT2D eigenvalue weighted by molar-refractivity contribution is 6.05. The Morgan fingerprint density at radius 1 is 0.864 bits per heavy atom. The Hall–Kier alpha value is -3.88. The summed E-state index contributed by atoms with van der Waals surface area (Å²) in [5.41, 5.74) is 2.45. The Bertz CT molecular complexity index is 1420. The molecule has 44 heavy (non-hydrogen) atoms. The van der Waals surface area contributed by atoms with Crippen LogP contribution in [-0.2, 0) is 19.1 Å². The van der Waals surface area contributed by atoms with Crippen LogP contribution < -0.4 is 14.4 Å². The van der Waals surface area contributed by atoms with E-state index in [0.29, 0.717) is 24.7 Å². The Kier molecular flexibility index (Phi) is 9.91. The van der Waals surface area contributed by atoms with Gasteiger partial charge >= 0.3 is 0 Å². The van der Waals surface area contributed by atoms with Gasteiger partial charge in [0, 0.05) is 24.4 Å². The number of anilines is 1. The summed E-state index contributed by atoms with van der Waals surface area (Å²) in [4.78, 5) is 31.0. The summed E-state index contributed by atoms with van der Waals surface area (Å²) in [6, 6.07) is 24.2. The van der Waals surface area contributed by atoms with Crippen molar-refractivity contribution in [1.82, 2.24) is 4.90 Å². The van der Waals surface area contributed by atoms with Crippen LogP contribution in [0.3, 0.4) is 0 Å². The van der Waals surface area contributed by atoms with E-state index in [2.05, 4.69) is 13.8 Å². The molecule has 0 unspecified atom stereocenters. The number of rotatable bonds is 13. The van der Waals surface area contributed by atoms with Crippen LogP contribution in [-0.4, -0.2) is 54.9 Å². The van der Waals surface area contributed by atoms with Crippen molar-refractivity contribution in [3.05, 3.63) is 90.0 Å². The fourth-order valence-corrected chi connectivity index (χ4v) is 5.80. The second kappa shape index (κ2) is 13.8. The number of benzene rings is 3. The second-order valence-corrected chi connectivity index (χ2v) is 11.7. The fourth-order valence-electron chi connectivity index (χ4n) is 5.80. The zero-order chi connectivity index (χ0) is 31.3. The van der Waals surface area contributed by atoms with E-state index < -0.39 is 24.0 Å². The van der Waals surface area contributed by atoms with E-state index >= 15 is 0 Å². The summed E-state index contributed by atoms with van der Waals surface area (Å²) in [5, 5.41) is 0. The zero-order valence-electron chi connectivity index (χ0n) is 26.4. The van der Waals surface area contributed by atoms with Crippen molar-refractivity contribution >= 4 is 17.5 Å². The van der Waals surface area contributed by atoms with Gasteiger partial charge in [-0.2, -0.15) is 0 Å². The molecule has 2 aliphatic heterocycles. The normalized spacial score (nSPS) is 25.1. The average Bonchev–Trinajstić information content (AvgIpc) is 3.05. The molecule has 0 spiro atoms. The summed E-state index contributed by atoms with van der Waals surface area (Å²) >= 11 is 0. The van der Waals surface area contributed by atoms with Gasteiger partial charge in [0.05, 0.1) is 19.3 Å². The third kappa shape index (κ3) is 6.33. The van der Waals surface area contributed by atoms with Crippen LogP contribution in [0.1, 0.15) is 76.7 Å². The number of likely N-dealkylation sites (N-methyl/N-ethyl adjacent to an activating group) is 1. The summed E-state index contributed by atoms with van der Waals surface area (Å²) < 4.78 is 25.3. The van der Waals surface area contributed by atoms with E-state index in [9.17, 15) is 9.59 Å². The monoisotopic (exact) mass is 600 g/mol. The SMILES string of the molecule is CCCCOc1ccc([C@@H]2[C@H](O[C@@]3(C)O[C@H](c4ccccc4)[C@H](C)N(C)C3=O)C(=O)N2c2ccccc2)c(OCCCC)c1. The molecule has 0 aliphatic carbocycles. The standard InChI is InChI=1S/C36H44N2O6/c1-6-8-22-41-28-20-21-29(30(24-28)42-23-9-7-2)31-33(34(39)38(31)27-18-14-11-15-19-27)44-36(4)35(40)37(5)25(3)32(43-36)26-16-12-10-13-17-26/h10-21,24-25,31-33H,6-9,22-23H2,1-5H3/t25-,31+,32-,33-,36+/m0/s1. The lowest BCUT2D eigenvalue weighted by Gasteiger charge is -2.52. The minimum atomic E-state index is -1.68. The van der Waals surface area contributed by atoms with Crippen molar-refractivity contribution in [2.24, 2.45) is 0 Å². The van der Waals surface area contributed by atoms with E-state index in [1.807, 2.05) is 85.8 Å². The first-order valence-electron chi connectivity index (χ1n) is 15.7. The third-order valence-corrected chi connectivity index (χ3v) is 8.50. The van der Waals surface area contributed by atoms with E-state index in [4.69, 9.17) is 18.9 Å². The van der Waals surface area contributed by atoms with Crippen molar-refractivity contribution in [3.63, 3.8) is 0 Å². The Morgan fingerprint density at radius 2 is 1.50 bits per heavy atom. The number of nitrogens with zero attached hydrogens (tertiary/aromatic N) is 2. The molecule has 2 saturated heterocycles. The first-order chi connectivity index (χ1) is 21.3. The quantitative estimate of drug-likeness (QED) is 0.158. The molecule has 3 aromatic carbocycles. The van der Waals surface area contributed by atoms with E-state index in [0.717, 1.165) is 42.5 Å². The summed E-state index contributed by atoms with van der Waals surface area (Å²) in [6.45, 7) is 8.95. The number of ether oxygens (including phenoxy) is 4. The maximum absolute atomic E-state index is 13.9. The Balaban J connectivity index is 1.51. The molecular formula is C36H44N2O6. The van der Waals surface area contributed by atoms with Crippen molar-refractivity contribution in [3.8, 4) is 11.5 Å². The van der Waals surface area contributed by atoms with Crippen LogP contribution in [0.5, 0.6) is 11.5 Å². The maximum Gasteiger partial charge on any atom is 0.282 e. The molecule has 2 amide bonds. The van der Waals surface area contributed by atoms with Crippen LogP contribution >= 0.6 is 0 Å². The molecule has 8 nitrogen and oxygen atoms in total. The van der Waals surface area contributed by atoms with Gasteiger partial charge < -0.3 is 23.8 Å². The molecule has 3 aromatic rings. The summed E-state index contributed by atoms with van der Waals surface area (Å²) in [5.74, 6) is -0.925. The summed E-state index contributed by atoms with van der Waals surface area (Å²) in [7, 11) is 1.75. The second-order valence-electron chi connectivity index (χ2n) is 11.7. The predicted molar refractivity (Wildman–Crippen MR) is 170 cm³/mol. The van der Waals surface area contributed by atoms with Crippen molar-refractivity contribution in [2.45, 2.75) is 83.5 Å². The Labute approximate surface area is 260 Å². The lowest BCUT2D eigenvalue weighted by Crippen LogP contribution is -2.67. The van der Waals surface area contributed by atoms with Gasteiger partial charge in [0.2, 0.25) is 5.79 Å². The average molecular weight is 601 g/mol. The first kappa shape index (κ1) is 31.5. The zero-order valence-corrected chi connectivity index (χ0v) is 26.4. The Morgan fingerprint density at radius 3 is 2.16 bits per heavy atom. The van der Waals surface area contributed by atoms with Gasteiger partial charge in [-0.3, -0.25) is 14.5 Å². The maximum atomic E-state index is 13.9. The molecule has 2 heterocycles. The van der Waals surface area contributed by atoms with Gasteiger partial charge in [-0.1, -0.05) is 75.2 Å². The number of unbranched alkanes of at least 4 members (excludes halogenated alkanes) is 2. The minimum absolute atomic E-state index is 0.228. The van der Waals surface area contributed by atoms with E-state index in [1.54, 1.807) is 23.8 Å². The lowest BCUT2D eigenvalue weighted by molar-refractivity contribution is -0.290. The molecule has 5 rings (SSSR count). The van der Waals surface area contributed by atoms with Crippen LogP contribution in [0.25, 0.3) is 0 Å². The lowest BCUT2D eigenvalue weighted by atomic mass is 9.88. The molecule has 0 aromatic heterocycles. The minimum Gasteiger partial charge on any atom is -0.493 e. The molecule has 0 radical (unpaired) electrons. The van der Waals surface area contributed by atoms with Crippen LogP contribution in [0.2, 0.25) is 0 Å². The van der Waals surface area contributed by atoms with Gasteiger partial charge in [-0.25, -0.2) is 0 Å². The van der Waals surface area contributed by atoms with Gasteiger partial charge in [-0.15, -0.1) is 0 Å². The molecule has 0 saturated carbocycles. The number of β-lactam (4-membered cyclic amide) rings is 1. The molecular weight excluding hydrogens is 556 g/mol. The van der Waals surface area contributed by atoms with E-state index in [1.165, 1.54) is 0 Å². The number of hydrogen-bond acceptors (Lipinski definition) is 6. The molecule has 2 aliphatic rings. The van der Waals surface area contributed by atoms with Gasteiger partial charge in [0.1, 0.15) is 23.6 Å². The van der Waals surface area contributed by atoms with Crippen LogP contribution in [0, 0.1) is 0 Å². The predicted octanol–water partition coefficient (Wildman–Crippen LogP) is 6.85. The molecule has 5 atom stereocenters. The van der Waals surface area contributed by atoms with Crippen molar-refractivity contribution in [2.75, 3.05) is 25.2 Å². The van der Waals surface area contributed by atoms with Crippen LogP contribution in [0.15, 0.2) is 78.9 Å². The number of carbonyl (C=O) groups excluding carboxylic acids is 2. The number of carbonyl (C=O) groups is 2. The van der Waals surface area contributed by atoms with Crippen molar-refractivity contribution < 1.29 is 28.5 Å². The molecule has 0 N–H and O–H groups in total. The fraction of sp³-hybridized carbons (Fsp3) is 0.444. The number of hydrogen-bond donors (Lipinski definition) is 0. The van der Waals surface area contributed by atoms with E-state index in [-0.39, 0.29) is 17.9 Å². The first-order valence-corrected chi connectivity index (χ1v) is 15.7. The van der Waals surface area contributed by atoms with Gasteiger partial charge in [0.15, 0.2) is 6.10 Å². The number of amides is 2.